The quantitative estimate of drug-likeness (QED) is 0.0438. The molecule has 2 heterocycles. The number of carboxylic acid groups (broad SMARTS) is 1. The zero-order valence-electron chi connectivity index (χ0n) is 54.2. The van der Waals surface area contributed by atoms with Gasteiger partial charge in [0.25, 0.3) is 0 Å². The molecular formula is C64H101N7O18. The van der Waals surface area contributed by atoms with Crippen LogP contribution in [-0.4, -0.2) is 203 Å². The van der Waals surface area contributed by atoms with E-state index in [4.69, 9.17) is 29.4 Å². The molecule has 25 nitrogen and oxygen atoms in total. The Bertz CT molecular complexity index is 2630. The van der Waals surface area contributed by atoms with Gasteiger partial charge in [-0.15, -0.1) is 0 Å². The van der Waals surface area contributed by atoms with Crippen molar-refractivity contribution < 1.29 is 87.6 Å². The average molecular weight is 1260 g/mol. The molecule has 89 heavy (non-hydrogen) atoms. The number of nitrogens with zero attached hydrogens (tertiary/aromatic N) is 3. The van der Waals surface area contributed by atoms with Gasteiger partial charge in [-0.25, -0.2) is 9.59 Å². The fourth-order valence-corrected chi connectivity index (χ4v) is 11.7. The highest BCUT2D eigenvalue weighted by Gasteiger charge is 2.49. The summed E-state index contributed by atoms with van der Waals surface area (Å²) in [4.78, 5) is 114. The number of hydrogen-bond donors (Lipinski definition) is 9. The van der Waals surface area contributed by atoms with Gasteiger partial charge in [-0.1, -0.05) is 112 Å². The number of methoxy groups -OCH3 is 2. The Morgan fingerprint density at radius 2 is 1.49 bits per heavy atom. The predicted octanol–water partition coefficient (Wildman–Crippen LogP) is 4.15. The zero-order chi connectivity index (χ0) is 66.6. The molecule has 2 aromatic carbocycles. The van der Waals surface area contributed by atoms with E-state index in [0.717, 1.165) is 23.3 Å². The minimum atomic E-state index is -2.00. The SMILES string of the molecule is CC[C@H](C)[C@@H]([C@@H](CC(=O)N1CCCC1[C@H](OC)[C@@H](C)C(=O)C[C@H](C)[C@@H](O)c1ccccc1)OC)N(C)C(=O)[C@@H](NC(=O)[C@H](C(C)C)N(C)C(=O)OCc1ccc(O[C@@H]2O[C@H](C(=O)O)[C@@H](O)[C@H](O)[C@H]2O)c(NC(=O)CCNC(=O)[C@H](C)CCCCN)c1)C(C)C. The first-order chi connectivity index (χ1) is 42.0. The number of carbonyl (C=O) groups excluding carboxylic acids is 7. The van der Waals surface area contributed by atoms with Crippen molar-refractivity contribution in [2.45, 2.75) is 200 Å². The van der Waals surface area contributed by atoms with E-state index in [1.54, 1.807) is 53.5 Å². The molecule has 1 unspecified atom stereocenters. The van der Waals surface area contributed by atoms with Crippen molar-refractivity contribution in [1.82, 2.24) is 25.3 Å². The van der Waals surface area contributed by atoms with Crippen LogP contribution in [0.4, 0.5) is 10.5 Å². The fourth-order valence-electron chi connectivity index (χ4n) is 11.7. The first-order valence-electron chi connectivity index (χ1n) is 31.1. The van der Waals surface area contributed by atoms with Crippen LogP contribution in [0.3, 0.4) is 0 Å². The lowest BCUT2D eigenvalue weighted by Gasteiger charge is -2.41. The standard InChI is InChI=1S/C64H101N7O18/c1-14-37(6)52(47(85-12)33-49(74)71-30-20-24-44(71)57(86-13)40(9)45(72)31-39(8)53(75)42-22-16-15-17-23-42)69(10)61(81)50(35(2)3)68-60(80)51(36(4)5)70(11)64(84)87-34-41-25-26-46(88-63-56(78)54(76)55(77)58(89-63)62(82)83)43(32-41)67-48(73)27-29-66-59(79)38(7)21-18-19-28-65/h15-17,22-23,25-26,32,35-40,44,47,50-58,63,75-78H,14,18-21,24,27-31,33-34,65H2,1-13H3,(H,66,79)(H,67,73)(H,68,80)(H,82,83)/t37-,38+,39-,40-,44?,47+,50-,51-,52-,53+,54-,55-,56+,57+,58-,63+/m0/s1. The summed E-state index contributed by atoms with van der Waals surface area (Å²) in [7, 11) is 6.00. The number of likely N-dealkylation sites (tertiary alicyclic amines) is 1. The van der Waals surface area contributed by atoms with Gasteiger partial charge in [0.15, 0.2) is 6.10 Å². The number of likely N-dealkylation sites (N-methyl/N-ethyl adjacent to an activating group) is 2. The zero-order valence-corrected chi connectivity index (χ0v) is 54.2. The van der Waals surface area contributed by atoms with Gasteiger partial charge in [-0.05, 0) is 79.2 Å². The molecule has 2 aromatic rings. The average Bonchev–Trinajstić information content (AvgIpc) is 2.80. The predicted molar refractivity (Wildman–Crippen MR) is 329 cm³/mol. The molecule has 0 bridgehead atoms. The Balaban J connectivity index is 1.49. The maximum absolute atomic E-state index is 14.8. The molecule has 500 valence electrons. The van der Waals surface area contributed by atoms with Crippen LogP contribution in [0.15, 0.2) is 48.5 Å². The number of carbonyl (C=O) groups is 8. The first kappa shape index (κ1) is 75.1. The molecule has 16 atom stereocenters. The molecule has 6 amide bonds. The van der Waals surface area contributed by atoms with Crippen LogP contribution < -0.4 is 26.4 Å². The summed E-state index contributed by atoms with van der Waals surface area (Å²) in [6.07, 6.45) is -9.18. The molecule has 2 saturated heterocycles. The van der Waals surface area contributed by atoms with Gasteiger partial charge in [0, 0.05) is 66.1 Å². The lowest BCUT2D eigenvalue weighted by Crippen LogP contribution is -2.61. The number of aliphatic hydroxyl groups excluding tert-OH is 4. The van der Waals surface area contributed by atoms with Crippen LogP contribution in [0.2, 0.25) is 0 Å². The summed E-state index contributed by atoms with van der Waals surface area (Å²) in [6, 6.07) is 9.91. The molecule has 10 N–H and O–H groups in total. The number of anilines is 1. The Kier molecular flexibility index (Phi) is 30.3. The maximum atomic E-state index is 14.8. The number of unbranched alkanes of at least 4 members (excludes halogenated alkanes) is 1. The fraction of sp³-hybridized carbons (Fsp3) is 0.688. The van der Waals surface area contributed by atoms with E-state index in [1.807, 2.05) is 51.1 Å². The second-order valence-corrected chi connectivity index (χ2v) is 24.6. The Morgan fingerprint density at radius 3 is 2.09 bits per heavy atom. The van der Waals surface area contributed by atoms with Crippen molar-refractivity contribution in [3.05, 3.63) is 59.7 Å². The van der Waals surface area contributed by atoms with Crippen molar-refractivity contribution >= 4 is 53.1 Å². The largest absolute Gasteiger partial charge is 0.479 e. The van der Waals surface area contributed by atoms with Gasteiger partial charge in [0.2, 0.25) is 35.8 Å². The highest BCUT2D eigenvalue weighted by atomic mass is 16.7. The number of Topliss-reactive ketones (excluding diaryl/α,β-unsaturated/α-hetero) is 1. The van der Waals surface area contributed by atoms with E-state index in [9.17, 15) is 63.9 Å². The summed E-state index contributed by atoms with van der Waals surface area (Å²) in [5.41, 5.74) is 6.49. The second kappa shape index (κ2) is 35.9. The molecule has 25 heteroatoms. The van der Waals surface area contributed by atoms with Gasteiger partial charge >= 0.3 is 12.1 Å². The van der Waals surface area contributed by atoms with Crippen molar-refractivity contribution in [2.24, 2.45) is 41.2 Å². The van der Waals surface area contributed by atoms with Crippen LogP contribution in [0, 0.1) is 35.5 Å². The number of rotatable bonds is 35. The van der Waals surface area contributed by atoms with Crippen molar-refractivity contribution in [3.8, 4) is 5.75 Å². The Hall–Kier alpha value is -6.32. The number of carboxylic acids is 1. The van der Waals surface area contributed by atoms with Crippen LogP contribution in [-0.2, 0) is 59.1 Å². The number of aliphatic hydroxyl groups is 4. The van der Waals surface area contributed by atoms with Crippen molar-refractivity contribution in [2.75, 3.05) is 53.3 Å². The minimum absolute atomic E-state index is 0.0453. The third-order valence-corrected chi connectivity index (χ3v) is 17.3. The first-order valence-corrected chi connectivity index (χ1v) is 31.1. The minimum Gasteiger partial charge on any atom is -0.479 e. The summed E-state index contributed by atoms with van der Waals surface area (Å²) < 4.78 is 28.9. The molecule has 0 saturated carbocycles. The normalized spacial score (nSPS) is 21.9. The van der Waals surface area contributed by atoms with E-state index >= 15 is 0 Å². The maximum Gasteiger partial charge on any atom is 0.410 e. The number of nitrogens with two attached hydrogens (primary N) is 1. The van der Waals surface area contributed by atoms with E-state index in [0.29, 0.717) is 38.8 Å². The lowest BCUT2D eigenvalue weighted by molar-refractivity contribution is -0.271. The van der Waals surface area contributed by atoms with Gasteiger partial charge in [0.1, 0.15) is 48.5 Å². The Labute approximate surface area is 524 Å². The molecular weight excluding hydrogens is 1150 g/mol. The topological polar surface area (TPSA) is 356 Å². The van der Waals surface area contributed by atoms with E-state index in [1.165, 1.54) is 44.4 Å². The molecule has 0 aromatic heterocycles. The van der Waals surface area contributed by atoms with Crippen LogP contribution in [0.25, 0.3) is 0 Å². The third kappa shape index (κ3) is 20.6. The molecule has 2 aliphatic rings. The van der Waals surface area contributed by atoms with E-state index < -0.39 is 127 Å². The molecule has 0 spiro atoms. The van der Waals surface area contributed by atoms with Crippen molar-refractivity contribution in [3.63, 3.8) is 0 Å². The summed E-state index contributed by atoms with van der Waals surface area (Å²) in [6.45, 7) is 16.7. The molecule has 0 radical (unpaired) electrons. The third-order valence-electron chi connectivity index (χ3n) is 17.3. The number of amides is 6. The highest BCUT2D eigenvalue weighted by molar-refractivity contribution is 5.93. The number of nitrogens with one attached hydrogen (secondary N) is 3. The monoisotopic (exact) mass is 1260 g/mol. The lowest BCUT2D eigenvalue weighted by atomic mass is 9.85. The van der Waals surface area contributed by atoms with Gasteiger partial charge in [-0.3, -0.25) is 33.7 Å². The number of benzene rings is 2. The summed E-state index contributed by atoms with van der Waals surface area (Å²) >= 11 is 0. The highest BCUT2D eigenvalue weighted by Crippen LogP contribution is 2.34. The molecule has 0 aliphatic carbocycles. The smallest absolute Gasteiger partial charge is 0.410 e. The van der Waals surface area contributed by atoms with E-state index in [2.05, 4.69) is 16.0 Å². The second-order valence-electron chi connectivity index (χ2n) is 24.6. The molecule has 4 rings (SSSR count). The molecule has 2 fully saturated rings. The van der Waals surface area contributed by atoms with Gasteiger partial charge in [0.05, 0.1) is 42.5 Å². The van der Waals surface area contributed by atoms with Gasteiger partial charge in [-0.2, -0.15) is 0 Å². The number of hydrogen-bond acceptors (Lipinski definition) is 18. The number of ketones is 1. The Morgan fingerprint density at radius 1 is 0.820 bits per heavy atom. The number of aliphatic carboxylic acids is 1. The van der Waals surface area contributed by atoms with E-state index in [-0.39, 0.29) is 78.2 Å². The van der Waals surface area contributed by atoms with Gasteiger partial charge < -0.3 is 80.7 Å². The number of ether oxygens (including phenoxy) is 5. The van der Waals surface area contributed by atoms with Crippen LogP contribution in [0.5, 0.6) is 5.75 Å². The van der Waals surface area contributed by atoms with Crippen LogP contribution in [0.1, 0.15) is 137 Å². The van der Waals surface area contributed by atoms with Crippen molar-refractivity contribution in [1.29, 1.82) is 0 Å². The summed E-state index contributed by atoms with van der Waals surface area (Å²) in [5.74, 6) is -6.60. The molecule has 2 aliphatic heterocycles. The summed E-state index contributed by atoms with van der Waals surface area (Å²) in [5, 5.41) is 60.4. The van der Waals surface area contributed by atoms with Crippen LogP contribution >= 0.6 is 0 Å².